The van der Waals surface area contributed by atoms with Crippen molar-refractivity contribution in [1.29, 1.82) is 0 Å². The Kier molecular flexibility index (Phi) is 4.04. The van der Waals surface area contributed by atoms with Gasteiger partial charge in [0.05, 0.1) is 11.5 Å². The molecule has 1 aromatic heterocycles. The van der Waals surface area contributed by atoms with Gasteiger partial charge in [0.2, 0.25) is 5.13 Å². The molecule has 7 nitrogen and oxygen atoms in total. The first-order chi connectivity index (χ1) is 8.91. The summed E-state index contributed by atoms with van der Waals surface area (Å²) in [7, 11) is -1.39. The monoisotopic (exact) mass is 304 g/mol. The Morgan fingerprint density at radius 2 is 2.26 bits per heavy atom. The summed E-state index contributed by atoms with van der Waals surface area (Å²) in [5, 5.41) is 11.7. The molecule has 0 aromatic carbocycles. The number of amides is 2. The maximum Gasteiger partial charge on any atom is 0.323 e. The third kappa shape index (κ3) is 3.41. The molecule has 1 aliphatic rings. The molecular weight excluding hydrogens is 288 g/mol. The Morgan fingerprint density at radius 1 is 1.53 bits per heavy atom. The second kappa shape index (κ2) is 5.41. The summed E-state index contributed by atoms with van der Waals surface area (Å²) < 4.78 is 22.8. The molecule has 0 saturated carbocycles. The summed E-state index contributed by atoms with van der Waals surface area (Å²) in [4.78, 5) is 13.4. The third-order valence-corrected chi connectivity index (χ3v) is 5.79. The van der Waals surface area contributed by atoms with Crippen LogP contribution in [0.5, 0.6) is 0 Å². The lowest BCUT2D eigenvalue weighted by atomic mass is 10.2. The number of carbonyl (C=O) groups excluding carboxylic acids is 1. The van der Waals surface area contributed by atoms with Crippen molar-refractivity contribution < 1.29 is 13.2 Å². The molecule has 106 valence electrons. The Bertz CT molecular complexity index is 569. The normalized spacial score (nSPS) is 21.3. The largest absolute Gasteiger partial charge is 0.323 e. The highest BCUT2D eigenvalue weighted by Crippen LogP contribution is 2.19. The maximum absolute atomic E-state index is 12.0. The minimum atomic E-state index is -2.99. The average molecular weight is 304 g/mol. The van der Waals surface area contributed by atoms with Crippen molar-refractivity contribution in [2.75, 3.05) is 23.9 Å². The third-order valence-electron chi connectivity index (χ3n) is 3.06. The van der Waals surface area contributed by atoms with Gasteiger partial charge >= 0.3 is 6.03 Å². The molecule has 1 saturated heterocycles. The predicted molar refractivity (Wildman–Crippen MR) is 73.1 cm³/mol. The summed E-state index contributed by atoms with van der Waals surface area (Å²) in [6, 6.07) is -0.607. The van der Waals surface area contributed by atoms with Crippen molar-refractivity contribution in [1.82, 2.24) is 15.1 Å². The molecule has 1 N–H and O–H groups in total. The fourth-order valence-electron chi connectivity index (χ4n) is 1.87. The Labute approximate surface area is 115 Å². The van der Waals surface area contributed by atoms with E-state index in [1.165, 1.54) is 16.2 Å². The van der Waals surface area contributed by atoms with Gasteiger partial charge in [-0.05, 0) is 12.8 Å². The van der Waals surface area contributed by atoms with Crippen LogP contribution in [-0.2, 0) is 16.3 Å². The second-order valence-corrected chi connectivity index (χ2v) is 7.74. The average Bonchev–Trinajstić information content (AvgIpc) is 2.94. The lowest BCUT2D eigenvalue weighted by Crippen LogP contribution is -2.40. The zero-order valence-electron chi connectivity index (χ0n) is 10.8. The minimum absolute atomic E-state index is 0.0350. The second-order valence-electron chi connectivity index (χ2n) is 4.45. The first-order valence-electron chi connectivity index (χ1n) is 5.98. The van der Waals surface area contributed by atoms with E-state index in [0.29, 0.717) is 11.6 Å². The van der Waals surface area contributed by atoms with Crippen LogP contribution in [0.1, 0.15) is 18.4 Å². The van der Waals surface area contributed by atoms with E-state index >= 15 is 0 Å². The van der Waals surface area contributed by atoms with Crippen LogP contribution >= 0.6 is 11.3 Å². The molecule has 1 aromatic rings. The predicted octanol–water partition coefficient (Wildman–Crippen LogP) is 0.751. The number of aryl methyl sites for hydroxylation is 1. The number of hydrogen-bond donors (Lipinski definition) is 1. The van der Waals surface area contributed by atoms with Crippen LogP contribution in [0.3, 0.4) is 0 Å². The lowest BCUT2D eigenvalue weighted by molar-refractivity contribution is 0.209. The van der Waals surface area contributed by atoms with Crippen molar-refractivity contribution >= 4 is 32.3 Å². The van der Waals surface area contributed by atoms with Gasteiger partial charge in [-0.3, -0.25) is 5.32 Å². The molecule has 19 heavy (non-hydrogen) atoms. The van der Waals surface area contributed by atoms with E-state index in [4.69, 9.17) is 0 Å². The van der Waals surface area contributed by atoms with E-state index in [1.807, 2.05) is 6.92 Å². The van der Waals surface area contributed by atoms with Crippen molar-refractivity contribution in [3.63, 3.8) is 0 Å². The summed E-state index contributed by atoms with van der Waals surface area (Å²) in [5.74, 6) is 0.182. The molecular formula is C10H16N4O3S2. The van der Waals surface area contributed by atoms with Gasteiger partial charge < -0.3 is 4.90 Å². The first-order valence-corrected chi connectivity index (χ1v) is 8.61. The highest BCUT2D eigenvalue weighted by molar-refractivity contribution is 7.91. The number of hydrogen-bond acceptors (Lipinski definition) is 6. The molecule has 1 unspecified atom stereocenters. The van der Waals surface area contributed by atoms with Gasteiger partial charge in [-0.2, -0.15) is 0 Å². The van der Waals surface area contributed by atoms with Gasteiger partial charge in [-0.1, -0.05) is 18.3 Å². The van der Waals surface area contributed by atoms with Crippen molar-refractivity contribution in [2.45, 2.75) is 25.8 Å². The summed E-state index contributed by atoms with van der Waals surface area (Å²) in [5.41, 5.74) is 0. The number of nitrogens with zero attached hydrogens (tertiary/aromatic N) is 3. The molecule has 2 rings (SSSR count). The minimum Gasteiger partial charge on any atom is -0.323 e. The topological polar surface area (TPSA) is 92.3 Å². The van der Waals surface area contributed by atoms with Crippen LogP contribution in [-0.4, -0.2) is 54.1 Å². The van der Waals surface area contributed by atoms with E-state index in [1.54, 1.807) is 7.05 Å². The summed E-state index contributed by atoms with van der Waals surface area (Å²) in [6.07, 6.45) is 1.26. The molecule has 1 atom stereocenters. The Morgan fingerprint density at radius 3 is 2.79 bits per heavy atom. The van der Waals surface area contributed by atoms with Crippen LogP contribution in [0, 0.1) is 0 Å². The number of anilines is 1. The van der Waals surface area contributed by atoms with E-state index < -0.39 is 9.84 Å². The van der Waals surface area contributed by atoms with Crippen molar-refractivity contribution in [3.8, 4) is 0 Å². The number of sulfone groups is 1. The van der Waals surface area contributed by atoms with Crippen molar-refractivity contribution in [2.24, 2.45) is 0 Å². The van der Waals surface area contributed by atoms with Gasteiger partial charge in [-0.25, -0.2) is 13.2 Å². The number of rotatable bonds is 3. The first kappa shape index (κ1) is 14.2. The van der Waals surface area contributed by atoms with Crippen LogP contribution in [0.15, 0.2) is 0 Å². The number of carbonyl (C=O) groups is 1. The highest BCUT2D eigenvalue weighted by Gasteiger charge is 2.32. The number of urea groups is 1. The maximum atomic E-state index is 12.0. The van der Waals surface area contributed by atoms with Gasteiger partial charge in [-0.15, -0.1) is 10.2 Å². The zero-order valence-corrected chi connectivity index (χ0v) is 12.4. The van der Waals surface area contributed by atoms with Gasteiger partial charge in [0, 0.05) is 13.1 Å². The van der Waals surface area contributed by atoms with E-state index in [2.05, 4.69) is 15.5 Å². The van der Waals surface area contributed by atoms with Crippen LogP contribution in [0.4, 0.5) is 9.93 Å². The summed E-state index contributed by atoms with van der Waals surface area (Å²) in [6.45, 7) is 1.96. The molecule has 1 aliphatic heterocycles. The fraction of sp³-hybridized carbons (Fsp3) is 0.700. The van der Waals surface area contributed by atoms with E-state index in [9.17, 15) is 13.2 Å². The van der Waals surface area contributed by atoms with Gasteiger partial charge in [0.25, 0.3) is 0 Å². The van der Waals surface area contributed by atoms with E-state index in [0.717, 1.165) is 11.4 Å². The molecule has 0 aliphatic carbocycles. The fourth-order valence-corrected chi connectivity index (χ4v) is 4.32. The molecule has 2 amide bonds. The lowest BCUT2D eigenvalue weighted by Gasteiger charge is -2.22. The summed E-state index contributed by atoms with van der Waals surface area (Å²) >= 11 is 1.32. The molecule has 0 radical (unpaired) electrons. The molecule has 1 fully saturated rings. The molecule has 0 bridgehead atoms. The van der Waals surface area contributed by atoms with Crippen LogP contribution in [0.25, 0.3) is 0 Å². The van der Waals surface area contributed by atoms with Gasteiger partial charge in [0.1, 0.15) is 5.01 Å². The van der Waals surface area contributed by atoms with Gasteiger partial charge in [0.15, 0.2) is 9.84 Å². The van der Waals surface area contributed by atoms with Crippen molar-refractivity contribution in [3.05, 3.63) is 5.01 Å². The number of nitrogens with one attached hydrogen (secondary N) is 1. The number of aromatic nitrogens is 2. The Hall–Kier alpha value is -1.22. The molecule has 9 heteroatoms. The highest BCUT2D eigenvalue weighted by atomic mass is 32.2. The molecule has 2 heterocycles. The zero-order chi connectivity index (χ0) is 14.0. The van der Waals surface area contributed by atoms with Crippen LogP contribution < -0.4 is 5.32 Å². The Balaban J connectivity index is 1.96. The quantitative estimate of drug-likeness (QED) is 0.889. The van der Waals surface area contributed by atoms with Crippen LogP contribution in [0.2, 0.25) is 0 Å². The van der Waals surface area contributed by atoms with E-state index in [-0.39, 0.29) is 23.6 Å². The SMILES string of the molecule is CCc1nnc(NC(=O)N(C)C2CCS(=O)(=O)C2)s1. The smallest absolute Gasteiger partial charge is 0.323 e. The standard InChI is InChI=1S/C10H16N4O3S2/c1-3-8-12-13-9(18-8)11-10(15)14(2)7-4-5-19(16,17)6-7/h7H,3-6H2,1-2H3,(H,11,13,15). The molecule has 0 spiro atoms.